The van der Waals surface area contributed by atoms with Crippen LogP contribution < -0.4 is 24.8 Å². The first-order valence-electron chi connectivity index (χ1n) is 10.5. The molecule has 0 saturated heterocycles. The van der Waals surface area contributed by atoms with Crippen LogP contribution in [-0.4, -0.2) is 38.9 Å². The monoisotopic (exact) mass is 474 g/mol. The quantitative estimate of drug-likeness (QED) is 0.548. The summed E-state index contributed by atoms with van der Waals surface area (Å²) < 4.78 is 21.8. The minimum atomic E-state index is -0.843. The molecule has 2 aromatic rings. The number of rotatable bonds is 8. The lowest BCUT2D eigenvalue weighted by Gasteiger charge is -2.30. The van der Waals surface area contributed by atoms with Crippen molar-refractivity contribution in [3.63, 3.8) is 0 Å². The maximum atomic E-state index is 13.2. The lowest BCUT2D eigenvalue weighted by molar-refractivity contribution is -0.143. The van der Waals surface area contributed by atoms with Crippen LogP contribution in [0.4, 0.5) is 4.79 Å². The fraction of sp³-hybridized carbons (Fsp3) is 0.333. The summed E-state index contributed by atoms with van der Waals surface area (Å²) in [6, 6.07) is 9.01. The van der Waals surface area contributed by atoms with Crippen molar-refractivity contribution in [1.29, 1.82) is 0 Å². The van der Waals surface area contributed by atoms with E-state index < -0.39 is 18.0 Å². The molecule has 0 bridgehead atoms. The Labute approximate surface area is 197 Å². The Hall–Kier alpha value is -3.39. The van der Waals surface area contributed by atoms with E-state index in [-0.39, 0.29) is 16.7 Å². The molecule has 8 nitrogen and oxygen atoms in total. The first kappa shape index (κ1) is 24.3. The SMILES string of the molecule is CCOc1cc(C2NC(=O)NC(c3ccc(OC)cc3)=C2C(=O)OC(C)C)cc(Cl)c1OC. The van der Waals surface area contributed by atoms with Crippen molar-refractivity contribution in [2.75, 3.05) is 20.8 Å². The number of benzene rings is 2. The third kappa shape index (κ3) is 5.34. The standard InChI is InChI=1S/C24H27ClN2O6/c1-6-32-18-12-15(11-17(25)22(18)31-5)21-19(23(28)33-13(2)3)20(26-24(29)27-21)14-7-9-16(30-4)10-8-14/h7-13,21H,6H2,1-5H3,(H2,26,27,29). The zero-order valence-corrected chi connectivity index (χ0v) is 19.9. The molecule has 1 atom stereocenters. The lowest BCUT2D eigenvalue weighted by Crippen LogP contribution is -2.45. The predicted octanol–water partition coefficient (Wildman–Crippen LogP) is 4.47. The van der Waals surface area contributed by atoms with E-state index in [1.807, 2.05) is 6.92 Å². The Balaban J connectivity index is 2.21. The Morgan fingerprint density at radius 3 is 2.39 bits per heavy atom. The Kier molecular flexibility index (Phi) is 7.71. The second-order valence-electron chi connectivity index (χ2n) is 7.47. The molecule has 9 heteroatoms. The van der Waals surface area contributed by atoms with Crippen molar-refractivity contribution in [3.8, 4) is 17.2 Å². The van der Waals surface area contributed by atoms with Crippen molar-refractivity contribution in [2.45, 2.75) is 32.9 Å². The number of amides is 2. The van der Waals surface area contributed by atoms with Crippen molar-refractivity contribution in [1.82, 2.24) is 10.6 Å². The van der Waals surface area contributed by atoms with Crippen LogP contribution in [0.25, 0.3) is 5.70 Å². The molecule has 0 fully saturated rings. The van der Waals surface area contributed by atoms with Gasteiger partial charge in [0, 0.05) is 0 Å². The van der Waals surface area contributed by atoms with Crippen LogP contribution in [-0.2, 0) is 9.53 Å². The number of hydrogen-bond donors (Lipinski definition) is 2. The molecule has 33 heavy (non-hydrogen) atoms. The lowest BCUT2D eigenvalue weighted by atomic mass is 9.92. The van der Waals surface area contributed by atoms with E-state index >= 15 is 0 Å². The number of carbonyl (C=O) groups is 2. The molecule has 0 radical (unpaired) electrons. The Bertz CT molecular complexity index is 1070. The van der Waals surface area contributed by atoms with Crippen LogP contribution in [0.5, 0.6) is 17.2 Å². The predicted molar refractivity (Wildman–Crippen MR) is 125 cm³/mol. The largest absolute Gasteiger partial charge is 0.497 e. The molecule has 2 amide bonds. The highest BCUT2D eigenvalue weighted by Crippen LogP contribution is 2.41. The summed E-state index contributed by atoms with van der Waals surface area (Å²) in [5.41, 5.74) is 1.73. The van der Waals surface area contributed by atoms with Crippen LogP contribution >= 0.6 is 11.6 Å². The van der Waals surface area contributed by atoms with Gasteiger partial charge in [-0.15, -0.1) is 0 Å². The van der Waals surface area contributed by atoms with Gasteiger partial charge >= 0.3 is 12.0 Å². The van der Waals surface area contributed by atoms with Gasteiger partial charge in [-0.3, -0.25) is 0 Å². The van der Waals surface area contributed by atoms with Gasteiger partial charge in [0.15, 0.2) is 11.5 Å². The number of urea groups is 1. The van der Waals surface area contributed by atoms with E-state index in [1.165, 1.54) is 7.11 Å². The van der Waals surface area contributed by atoms with E-state index in [0.717, 1.165) is 0 Å². The zero-order valence-electron chi connectivity index (χ0n) is 19.2. The normalized spacial score (nSPS) is 15.6. The van der Waals surface area contributed by atoms with Crippen molar-refractivity contribution in [2.24, 2.45) is 0 Å². The molecule has 0 saturated carbocycles. The molecule has 0 spiro atoms. The van der Waals surface area contributed by atoms with Gasteiger partial charge in [0.25, 0.3) is 0 Å². The summed E-state index contributed by atoms with van der Waals surface area (Å²) in [4.78, 5) is 25.9. The van der Waals surface area contributed by atoms with Crippen LogP contribution in [0.2, 0.25) is 5.02 Å². The van der Waals surface area contributed by atoms with Gasteiger partial charge in [-0.05, 0) is 68.3 Å². The van der Waals surface area contributed by atoms with Gasteiger partial charge in [-0.1, -0.05) is 11.6 Å². The molecule has 1 aliphatic heterocycles. The third-order valence-corrected chi connectivity index (χ3v) is 5.16. The number of methoxy groups -OCH3 is 2. The molecule has 1 unspecified atom stereocenters. The van der Waals surface area contributed by atoms with E-state index in [1.54, 1.807) is 57.4 Å². The van der Waals surface area contributed by atoms with Gasteiger partial charge in [0.1, 0.15) is 5.75 Å². The molecule has 0 aliphatic carbocycles. The fourth-order valence-electron chi connectivity index (χ4n) is 3.51. The van der Waals surface area contributed by atoms with Gasteiger partial charge in [-0.25, -0.2) is 9.59 Å². The average Bonchev–Trinajstić information content (AvgIpc) is 2.78. The number of carbonyl (C=O) groups excluding carboxylic acids is 2. The van der Waals surface area contributed by atoms with Gasteiger partial charge < -0.3 is 29.6 Å². The van der Waals surface area contributed by atoms with E-state index in [9.17, 15) is 9.59 Å². The van der Waals surface area contributed by atoms with Crippen LogP contribution in [0.15, 0.2) is 42.0 Å². The number of esters is 1. The zero-order chi connectivity index (χ0) is 24.1. The summed E-state index contributed by atoms with van der Waals surface area (Å²) >= 11 is 6.44. The van der Waals surface area contributed by atoms with Gasteiger partial charge in [-0.2, -0.15) is 0 Å². The number of ether oxygens (including phenoxy) is 4. The van der Waals surface area contributed by atoms with E-state index in [2.05, 4.69) is 10.6 Å². The highest BCUT2D eigenvalue weighted by atomic mass is 35.5. The molecular weight excluding hydrogens is 448 g/mol. The van der Waals surface area contributed by atoms with Crippen LogP contribution in [0, 0.1) is 0 Å². The fourth-order valence-corrected chi connectivity index (χ4v) is 3.81. The molecule has 2 aromatic carbocycles. The first-order chi connectivity index (χ1) is 15.8. The topological polar surface area (TPSA) is 95.1 Å². The van der Waals surface area contributed by atoms with E-state index in [0.29, 0.717) is 40.7 Å². The molecule has 1 aliphatic rings. The first-order valence-corrected chi connectivity index (χ1v) is 10.8. The highest BCUT2D eigenvalue weighted by molar-refractivity contribution is 6.32. The average molecular weight is 475 g/mol. The minimum Gasteiger partial charge on any atom is -0.497 e. The minimum absolute atomic E-state index is 0.233. The third-order valence-electron chi connectivity index (χ3n) is 4.88. The van der Waals surface area contributed by atoms with Crippen molar-refractivity contribution >= 4 is 29.3 Å². The smallest absolute Gasteiger partial charge is 0.338 e. The summed E-state index contributed by atoms with van der Waals surface area (Å²) in [6.07, 6.45) is -0.362. The number of halogens is 1. The second-order valence-corrected chi connectivity index (χ2v) is 7.88. The molecular formula is C24H27ClN2O6. The highest BCUT2D eigenvalue weighted by Gasteiger charge is 2.35. The molecule has 1 heterocycles. The van der Waals surface area contributed by atoms with Crippen molar-refractivity contribution < 1.29 is 28.5 Å². The summed E-state index contributed by atoms with van der Waals surface area (Å²) in [5.74, 6) is 0.843. The van der Waals surface area contributed by atoms with Gasteiger partial charge in [0.05, 0.1) is 49.3 Å². The number of nitrogens with one attached hydrogen (secondary N) is 2. The maximum absolute atomic E-state index is 13.2. The molecule has 176 valence electrons. The molecule has 3 rings (SSSR count). The maximum Gasteiger partial charge on any atom is 0.338 e. The van der Waals surface area contributed by atoms with Crippen LogP contribution in [0.3, 0.4) is 0 Å². The van der Waals surface area contributed by atoms with Crippen molar-refractivity contribution in [3.05, 3.63) is 58.1 Å². The summed E-state index contributed by atoms with van der Waals surface area (Å²) in [6.45, 7) is 5.73. The Morgan fingerprint density at radius 2 is 1.82 bits per heavy atom. The molecule has 2 N–H and O–H groups in total. The summed E-state index contributed by atoms with van der Waals surface area (Å²) in [5, 5.41) is 5.84. The van der Waals surface area contributed by atoms with E-state index in [4.69, 9.17) is 30.5 Å². The number of hydrogen-bond acceptors (Lipinski definition) is 6. The van der Waals surface area contributed by atoms with Gasteiger partial charge in [0.2, 0.25) is 0 Å². The second kappa shape index (κ2) is 10.5. The van der Waals surface area contributed by atoms with Crippen LogP contribution in [0.1, 0.15) is 37.9 Å². The Morgan fingerprint density at radius 1 is 1.12 bits per heavy atom. The molecule has 0 aromatic heterocycles. The summed E-state index contributed by atoms with van der Waals surface area (Å²) in [7, 11) is 3.05.